The van der Waals surface area contributed by atoms with Crippen molar-refractivity contribution in [3.05, 3.63) is 36.5 Å². The van der Waals surface area contributed by atoms with Gasteiger partial charge in [-0.05, 0) is 102 Å². The second-order valence-electron chi connectivity index (χ2n) is 14.6. The van der Waals surface area contributed by atoms with E-state index in [1.165, 1.54) is 173 Å². The van der Waals surface area contributed by atoms with E-state index in [1.807, 2.05) is 0 Å². The fourth-order valence-corrected chi connectivity index (χ4v) is 7.28. The summed E-state index contributed by atoms with van der Waals surface area (Å²) in [6.07, 6.45) is 51.8. The summed E-state index contributed by atoms with van der Waals surface area (Å²) >= 11 is 0. The summed E-state index contributed by atoms with van der Waals surface area (Å²) < 4.78 is 0. The standard InChI is InChI=1S/C42H79N/c1-6-8-10-12-14-15-16-17-18-19-20-21-22-24-28-32-36-42(38-39-43(5)41(42)4)37-33-29-25-23-27-31-35-40(3)34-30-26-13-11-9-7-2/h14-15,17-18,26,30,40-41H,6-13,16,19-25,27-29,31-39H2,1-5H3/b15-14-,18-17-,30-26-/t40?,41?,42-/m1/s1. The predicted octanol–water partition coefficient (Wildman–Crippen LogP) is 14.2. The zero-order valence-corrected chi connectivity index (χ0v) is 30.4. The molecule has 1 fully saturated rings. The predicted molar refractivity (Wildman–Crippen MR) is 197 cm³/mol. The molecule has 1 heterocycles. The van der Waals surface area contributed by atoms with Crippen LogP contribution in [0.5, 0.6) is 0 Å². The van der Waals surface area contributed by atoms with Gasteiger partial charge in [0.25, 0.3) is 0 Å². The van der Waals surface area contributed by atoms with Crippen molar-refractivity contribution in [2.75, 3.05) is 13.6 Å². The van der Waals surface area contributed by atoms with E-state index in [9.17, 15) is 0 Å². The van der Waals surface area contributed by atoms with E-state index in [-0.39, 0.29) is 0 Å². The van der Waals surface area contributed by atoms with Crippen molar-refractivity contribution >= 4 is 0 Å². The molecule has 1 aliphatic rings. The average Bonchev–Trinajstić information content (AvgIpc) is 3.28. The molecule has 0 N–H and O–H groups in total. The maximum atomic E-state index is 2.65. The number of hydrogen-bond acceptors (Lipinski definition) is 1. The van der Waals surface area contributed by atoms with E-state index in [4.69, 9.17) is 0 Å². The molecular formula is C42H79N. The molecule has 1 aliphatic heterocycles. The summed E-state index contributed by atoms with van der Waals surface area (Å²) in [7, 11) is 2.37. The van der Waals surface area contributed by atoms with Gasteiger partial charge in [0.2, 0.25) is 0 Å². The molecule has 0 aromatic rings. The Hall–Kier alpha value is -0.820. The summed E-state index contributed by atoms with van der Waals surface area (Å²) in [5.74, 6) is 0.864. The smallest absolute Gasteiger partial charge is 0.0121 e. The Morgan fingerprint density at radius 1 is 0.605 bits per heavy atom. The molecule has 0 bridgehead atoms. The van der Waals surface area contributed by atoms with Crippen LogP contribution < -0.4 is 0 Å². The van der Waals surface area contributed by atoms with Gasteiger partial charge in [-0.1, -0.05) is 160 Å². The lowest BCUT2D eigenvalue weighted by Gasteiger charge is -2.36. The fraction of sp³-hybridized carbons (Fsp3) is 0.857. The molecule has 0 aromatic carbocycles. The normalized spacial score (nSPS) is 20.4. The SMILES string of the molecule is CCCCC/C=C\C/C=C\CCCCCCCC[C@@]1(CCCCCCCCC(C)C/C=C\CCCCC)CCN(C)C1C. The van der Waals surface area contributed by atoms with Crippen LogP contribution in [0, 0.1) is 11.3 Å². The van der Waals surface area contributed by atoms with Crippen LogP contribution in [0.1, 0.15) is 201 Å². The van der Waals surface area contributed by atoms with Gasteiger partial charge in [-0.15, -0.1) is 0 Å². The fourth-order valence-electron chi connectivity index (χ4n) is 7.28. The molecular weight excluding hydrogens is 518 g/mol. The number of nitrogens with zero attached hydrogens (tertiary/aromatic N) is 1. The van der Waals surface area contributed by atoms with Gasteiger partial charge in [-0.3, -0.25) is 0 Å². The molecule has 1 nitrogen and oxygen atoms in total. The van der Waals surface area contributed by atoms with Gasteiger partial charge in [0.05, 0.1) is 0 Å². The lowest BCUT2D eigenvalue weighted by molar-refractivity contribution is 0.154. The first-order chi connectivity index (χ1) is 21.1. The summed E-state index contributed by atoms with van der Waals surface area (Å²) in [4.78, 5) is 2.65. The van der Waals surface area contributed by atoms with Crippen molar-refractivity contribution in [1.29, 1.82) is 0 Å². The molecule has 2 unspecified atom stereocenters. The summed E-state index contributed by atoms with van der Waals surface area (Å²) in [6, 6.07) is 0.771. The maximum Gasteiger partial charge on any atom is 0.0121 e. The van der Waals surface area contributed by atoms with Crippen LogP contribution in [-0.4, -0.2) is 24.5 Å². The molecule has 0 aliphatic carbocycles. The molecule has 1 rings (SSSR count). The van der Waals surface area contributed by atoms with Gasteiger partial charge >= 0.3 is 0 Å². The van der Waals surface area contributed by atoms with Gasteiger partial charge in [0, 0.05) is 6.04 Å². The van der Waals surface area contributed by atoms with Crippen LogP contribution >= 0.6 is 0 Å². The Kier molecular flexibility index (Phi) is 26.8. The molecule has 0 saturated carbocycles. The highest BCUT2D eigenvalue weighted by Gasteiger charge is 2.41. The quantitative estimate of drug-likeness (QED) is 0.0588. The van der Waals surface area contributed by atoms with E-state index in [0.29, 0.717) is 5.41 Å². The number of allylic oxidation sites excluding steroid dienone is 6. The van der Waals surface area contributed by atoms with Crippen molar-refractivity contribution in [1.82, 2.24) is 4.90 Å². The second-order valence-corrected chi connectivity index (χ2v) is 14.6. The molecule has 0 radical (unpaired) electrons. The molecule has 43 heavy (non-hydrogen) atoms. The lowest BCUT2D eigenvalue weighted by Crippen LogP contribution is -2.35. The van der Waals surface area contributed by atoms with Crippen molar-refractivity contribution in [2.45, 2.75) is 207 Å². The second kappa shape index (κ2) is 28.6. The molecule has 1 heteroatoms. The molecule has 1 saturated heterocycles. The van der Waals surface area contributed by atoms with Gasteiger partial charge in [-0.2, -0.15) is 0 Å². The van der Waals surface area contributed by atoms with Gasteiger partial charge in [0.15, 0.2) is 0 Å². The summed E-state index contributed by atoms with van der Waals surface area (Å²) in [5.41, 5.74) is 0.601. The van der Waals surface area contributed by atoms with E-state index < -0.39 is 0 Å². The number of likely N-dealkylation sites (tertiary alicyclic amines) is 1. The largest absolute Gasteiger partial charge is 0.303 e. The maximum absolute atomic E-state index is 2.65. The van der Waals surface area contributed by atoms with Crippen LogP contribution in [0.15, 0.2) is 36.5 Å². The average molecular weight is 598 g/mol. The van der Waals surface area contributed by atoms with Crippen molar-refractivity contribution in [2.24, 2.45) is 11.3 Å². The zero-order valence-electron chi connectivity index (χ0n) is 30.4. The number of hydrogen-bond donors (Lipinski definition) is 0. The van der Waals surface area contributed by atoms with E-state index in [0.717, 1.165) is 18.4 Å². The van der Waals surface area contributed by atoms with Crippen LogP contribution in [-0.2, 0) is 0 Å². The Labute approximate surface area is 272 Å². The minimum atomic E-state index is 0.601. The zero-order chi connectivity index (χ0) is 31.3. The summed E-state index contributed by atoms with van der Waals surface area (Å²) in [6.45, 7) is 10.9. The van der Waals surface area contributed by atoms with Gasteiger partial charge in [0.1, 0.15) is 0 Å². The third-order valence-corrected chi connectivity index (χ3v) is 10.7. The van der Waals surface area contributed by atoms with E-state index in [2.05, 4.69) is 76.1 Å². The Morgan fingerprint density at radius 3 is 1.58 bits per heavy atom. The minimum Gasteiger partial charge on any atom is -0.303 e. The third kappa shape index (κ3) is 21.5. The van der Waals surface area contributed by atoms with Crippen LogP contribution in [0.2, 0.25) is 0 Å². The van der Waals surface area contributed by atoms with Crippen molar-refractivity contribution in [3.8, 4) is 0 Å². The van der Waals surface area contributed by atoms with Crippen LogP contribution in [0.3, 0.4) is 0 Å². The third-order valence-electron chi connectivity index (χ3n) is 10.7. The monoisotopic (exact) mass is 598 g/mol. The van der Waals surface area contributed by atoms with Gasteiger partial charge < -0.3 is 4.90 Å². The highest BCUT2D eigenvalue weighted by Crippen LogP contribution is 2.45. The molecule has 0 spiro atoms. The van der Waals surface area contributed by atoms with Crippen molar-refractivity contribution in [3.63, 3.8) is 0 Å². The first-order valence-electron chi connectivity index (χ1n) is 19.7. The summed E-state index contributed by atoms with van der Waals surface area (Å²) in [5, 5.41) is 0. The minimum absolute atomic E-state index is 0.601. The molecule has 0 amide bonds. The molecule has 3 atom stereocenters. The lowest BCUT2D eigenvalue weighted by atomic mass is 9.72. The highest BCUT2D eigenvalue weighted by molar-refractivity contribution is 4.95. The molecule has 252 valence electrons. The van der Waals surface area contributed by atoms with Crippen molar-refractivity contribution < 1.29 is 0 Å². The number of rotatable bonds is 30. The first-order valence-corrected chi connectivity index (χ1v) is 19.7. The van der Waals surface area contributed by atoms with E-state index in [1.54, 1.807) is 0 Å². The van der Waals surface area contributed by atoms with Gasteiger partial charge in [-0.25, -0.2) is 0 Å². The molecule has 0 aromatic heterocycles. The highest BCUT2D eigenvalue weighted by atomic mass is 15.2. The van der Waals surface area contributed by atoms with Crippen LogP contribution in [0.25, 0.3) is 0 Å². The Balaban J connectivity index is 2.08. The Bertz CT molecular complexity index is 674. The number of unbranched alkanes of at least 4 members (excludes halogenated alkanes) is 17. The topological polar surface area (TPSA) is 3.24 Å². The van der Waals surface area contributed by atoms with E-state index >= 15 is 0 Å². The first kappa shape index (κ1) is 40.2. The van der Waals surface area contributed by atoms with Crippen LogP contribution in [0.4, 0.5) is 0 Å². The Morgan fingerprint density at radius 2 is 1.07 bits per heavy atom.